The van der Waals surface area contributed by atoms with E-state index >= 15 is 0 Å². The number of hydrogen-bond acceptors (Lipinski definition) is 2. The number of nitrogens with zero attached hydrogens (tertiary/aromatic N) is 2. The number of hydrogen-bond donors (Lipinski definition) is 0. The fourth-order valence-corrected chi connectivity index (χ4v) is 0.375. The van der Waals surface area contributed by atoms with Gasteiger partial charge in [-0.2, -0.15) is 0 Å². The molecule has 3 heteroatoms. The third kappa shape index (κ3) is 3.91. The van der Waals surface area contributed by atoms with Gasteiger partial charge in [0.25, 0.3) is 0 Å². The fourth-order valence-electron chi connectivity index (χ4n) is 0.275. The van der Waals surface area contributed by atoms with E-state index in [1.165, 1.54) is 6.33 Å². The molecule has 0 radical (unpaired) electrons. The summed E-state index contributed by atoms with van der Waals surface area (Å²) < 4.78 is 0. The minimum absolute atomic E-state index is 0.481. The van der Waals surface area contributed by atoms with Gasteiger partial charge in [0, 0.05) is 6.20 Å². The van der Waals surface area contributed by atoms with Crippen molar-refractivity contribution in [1.82, 2.24) is 9.97 Å². The Balaban J connectivity index is 0.000000291. The van der Waals surface area contributed by atoms with Gasteiger partial charge >= 0.3 is 0 Å². The first kappa shape index (κ1) is 8.37. The smallest absolute Gasteiger partial charge is 0.132 e. The topological polar surface area (TPSA) is 25.8 Å². The molecule has 0 atom stereocenters. The molecule has 0 aliphatic heterocycles. The van der Waals surface area contributed by atoms with Crippen LogP contribution in [0.25, 0.3) is 0 Å². The van der Waals surface area contributed by atoms with Gasteiger partial charge in [-0.1, -0.05) is 25.4 Å². The van der Waals surface area contributed by atoms with Gasteiger partial charge in [0.05, 0.1) is 0 Å². The second kappa shape index (κ2) is 5.51. The Morgan fingerprint density at radius 2 is 2.11 bits per heavy atom. The van der Waals surface area contributed by atoms with Gasteiger partial charge < -0.3 is 0 Å². The molecule has 1 aromatic rings. The van der Waals surface area contributed by atoms with Crippen LogP contribution in [-0.2, 0) is 0 Å². The van der Waals surface area contributed by atoms with Crippen LogP contribution in [0.3, 0.4) is 0 Å². The van der Waals surface area contributed by atoms with Crippen molar-refractivity contribution in [3.63, 3.8) is 0 Å². The maximum atomic E-state index is 5.39. The zero-order valence-electron chi connectivity index (χ0n) is 5.50. The maximum absolute atomic E-state index is 5.39. The van der Waals surface area contributed by atoms with E-state index in [2.05, 4.69) is 9.97 Å². The van der Waals surface area contributed by atoms with Gasteiger partial charge in [-0.3, -0.25) is 0 Å². The molecule has 1 aromatic heterocycles. The Morgan fingerprint density at radius 1 is 1.44 bits per heavy atom. The number of halogens is 1. The summed E-state index contributed by atoms with van der Waals surface area (Å²) in [7, 11) is 0. The highest BCUT2D eigenvalue weighted by Crippen LogP contribution is 1.96. The van der Waals surface area contributed by atoms with Crippen molar-refractivity contribution >= 4 is 11.6 Å². The highest BCUT2D eigenvalue weighted by molar-refractivity contribution is 6.29. The fraction of sp³-hybridized carbons (Fsp3) is 0.333. The van der Waals surface area contributed by atoms with Gasteiger partial charge in [0.2, 0.25) is 0 Å². The van der Waals surface area contributed by atoms with Crippen molar-refractivity contribution in [2.24, 2.45) is 0 Å². The van der Waals surface area contributed by atoms with Crippen LogP contribution in [0.1, 0.15) is 13.8 Å². The van der Waals surface area contributed by atoms with Crippen LogP contribution >= 0.6 is 11.6 Å². The maximum Gasteiger partial charge on any atom is 0.132 e. The average molecular weight is 145 g/mol. The Hall–Kier alpha value is -0.630. The lowest BCUT2D eigenvalue weighted by molar-refractivity contribution is 1.17. The van der Waals surface area contributed by atoms with Crippen LogP contribution in [0.4, 0.5) is 0 Å². The van der Waals surface area contributed by atoms with Crippen molar-refractivity contribution < 1.29 is 0 Å². The molecule has 0 unspecified atom stereocenters. The zero-order chi connectivity index (χ0) is 7.11. The van der Waals surface area contributed by atoms with E-state index in [4.69, 9.17) is 11.6 Å². The van der Waals surface area contributed by atoms with Crippen molar-refractivity contribution in [2.75, 3.05) is 0 Å². The molecule has 0 saturated heterocycles. The average Bonchev–Trinajstić information content (AvgIpc) is 1.94. The van der Waals surface area contributed by atoms with Crippen molar-refractivity contribution in [3.8, 4) is 0 Å². The van der Waals surface area contributed by atoms with Gasteiger partial charge in [0.15, 0.2) is 0 Å². The quantitative estimate of drug-likeness (QED) is 0.522. The second-order valence-electron chi connectivity index (χ2n) is 1.03. The monoisotopic (exact) mass is 144 g/mol. The Bertz CT molecular complexity index is 141. The summed E-state index contributed by atoms with van der Waals surface area (Å²) in [6, 6.07) is 1.63. The molecule has 9 heavy (non-hydrogen) atoms. The van der Waals surface area contributed by atoms with Gasteiger partial charge in [0.1, 0.15) is 11.5 Å². The largest absolute Gasteiger partial charge is 0.245 e. The predicted molar refractivity (Wildman–Crippen MR) is 38.4 cm³/mol. The zero-order valence-corrected chi connectivity index (χ0v) is 6.26. The normalized spacial score (nSPS) is 7.44. The van der Waals surface area contributed by atoms with Crippen molar-refractivity contribution in [2.45, 2.75) is 13.8 Å². The molecule has 0 aliphatic carbocycles. The third-order valence-electron chi connectivity index (χ3n) is 0.546. The summed E-state index contributed by atoms with van der Waals surface area (Å²) in [5.41, 5.74) is 0. The molecule has 0 N–H and O–H groups in total. The van der Waals surface area contributed by atoms with Crippen molar-refractivity contribution in [1.29, 1.82) is 0 Å². The van der Waals surface area contributed by atoms with Gasteiger partial charge in [-0.25, -0.2) is 9.97 Å². The van der Waals surface area contributed by atoms with E-state index in [1.807, 2.05) is 13.8 Å². The number of aromatic nitrogens is 2. The molecule has 0 amide bonds. The molecule has 0 bridgehead atoms. The highest BCUT2D eigenvalue weighted by atomic mass is 35.5. The number of rotatable bonds is 0. The van der Waals surface area contributed by atoms with Crippen LogP contribution in [0.2, 0.25) is 5.15 Å². The molecule has 50 valence electrons. The summed E-state index contributed by atoms with van der Waals surface area (Å²) in [6.07, 6.45) is 3.00. The molecule has 1 rings (SSSR count). The standard InChI is InChI=1S/C4H3ClN2.C2H6/c5-4-1-2-6-3-7-4;1-2/h1-3H;1-2H3. The first-order chi connectivity index (χ1) is 4.39. The van der Waals surface area contributed by atoms with Crippen LogP contribution in [0, 0.1) is 0 Å². The molecule has 1 heterocycles. The molecular formula is C6H9ClN2. The van der Waals surface area contributed by atoms with E-state index in [1.54, 1.807) is 12.3 Å². The van der Waals surface area contributed by atoms with E-state index in [0.717, 1.165) is 0 Å². The van der Waals surface area contributed by atoms with E-state index < -0.39 is 0 Å². The second-order valence-corrected chi connectivity index (χ2v) is 1.42. The van der Waals surface area contributed by atoms with Crippen LogP contribution in [0.15, 0.2) is 18.6 Å². The summed E-state index contributed by atoms with van der Waals surface area (Å²) in [4.78, 5) is 7.28. The van der Waals surface area contributed by atoms with Crippen molar-refractivity contribution in [3.05, 3.63) is 23.7 Å². The first-order valence-corrected chi connectivity index (χ1v) is 3.19. The van der Waals surface area contributed by atoms with Crippen LogP contribution < -0.4 is 0 Å². The molecule has 0 saturated carbocycles. The van der Waals surface area contributed by atoms with E-state index in [0.29, 0.717) is 5.15 Å². The first-order valence-electron chi connectivity index (χ1n) is 2.81. The predicted octanol–water partition coefficient (Wildman–Crippen LogP) is 2.16. The molecule has 2 nitrogen and oxygen atoms in total. The molecule has 0 aromatic carbocycles. The Morgan fingerprint density at radius 3 is 2.33 bits per heavy atom. The van der Waals surface area contributed by atoms with E-state index in [9.17, 15) is 0 Å². The summed E-state index contributed by atoms with van der Waals surface area (Å²) in [6.45, 7) is 4.00. The van der Waals surface area contributed by atoms with Crippen LogP contribution in [0.5, 0.6) is 0 Å². The summed E-state index contributed by atoms with van der Waals surface area (Å²) >= 11 is 5.39. The molecular weight excluding hydrogens is 136 g/mol. The van der Waals surface area contributed by atoms with Crippen LogP contribution in [-0.4, -0.2) is 9.97 Å². The summed E-state index contributed by atoms with van der Waals surface area (Å²) in [5, 5.41) is 0.481. The lowest BCUT2D eigenvalue weighted by Gasteiger charge is -1.79. The minimum Gasteiger partial charge on any atom is -0.245 e. The van der Waals surface area contributed by atoms with Gasteiger partial charge in [-0.15, -0.1) is 0 Å². The lowest BCUT2D eigenvalue weighted by atomic mass is 10.7. The highest BCUT2D eigenvalue weighted by Gasteiger charge is 1.77. The molecule has 0 aliphatic rings. The Kier molecular flexibility index (Phi) is 5.12. The lowest BCUT2D eigenvalue weighted by Crippen LogP contribution is -1.72. The Labute approximate surface area is 59.9 Å². The van der Waals surface area contributed by atoms with E-state index in [-0.39, 0.29) is 0 Å². The SMILES string of the molecule is CC.Clc1ccncn1. The van der Waals surface area contributed by atoms with Gasteiger partial charge in [-0.05, 0) is 6.07 Å². The molecule has 0 fully saturated rings. The summed E-state index contributed by atoms with van der Waals surface area (Å²) in [5.74, 6) is 0. The molecule has 0 spiro atoms. The third-order valence-corrected chi connectivity index (χ3v) is 0.769. The minimum atomic E-state index is 0.481.